The van der Waals surface area contributed by atoms with Crippen LogP contribution in [0.4, 0.5) is 0 Å². The van der Waals surface area contributed by atoms with Crippen LogP contribution in [-0.2, 0) is 6.54 Å². The average Bonchev–Trinajstić information content (AvgIpc) is 3.17. The Kier molecular flexibility index (Phi) is 6.07. The Hall–Kier alpha value is -1.78. The lowest BCUT2D eigenvalue weighted by atomic mass is 9.93. The van der Waals surface area contributed by atoms with E-state index in [0.29, 0.717) is 5.75 Å². The number of phenolic OH excluding ortho intramolecular Hbond substituents is 1. The zero-order valence-corrected chi connectivity index (χ0v) is 17.9. The number of hydrogen-bond donors (Lipinski definition) is 2. The Morgan fingerprint density at radius 1 is 1.11 bits per heavy atom. The zero-order chi connectivity index (χ0) is 19.5. The predicted molar refractivity (Wildman–Crippen MR) is 120 cm³/mol. The van der Waals surface area contributed by atoms with E-state index < -0.39 is 0 Å². The van der Waals surface area contributed by atoms with Crippen LogP contribution in [0.2, 0.25) is 0 Å². The highest BCUT2D eigenvalue weighted by atomic mass is 32.1. The fourth-order valence-corrected chi connectivity index (χ4v) is 5.29. The van der Waals surface area contributed by atoms with Crippen LogP contribution < -0.4 is 5.32 Å². The molecule has 1 aliphatic carbocycles. The lowest BCUT2D eigenvalue weighted by Crippen LogP contribution is -2.35. The molecule has 2 aromatic heterocycles. The molecule has 2 heterocycles. The molecule has 3 aromatic rings. The molecule has 4 rings (SSSR count). The fraction of sp³-hybridized carbons (Fsp3) is 0.500. The second kappa shape index (κ2) is 8.71. The molecule has 1 aromatic carbocycles. The lowest BCUT2D eigenvalue weighted by molar-refractivity contribution is 0.336. The summed E-state index contributed by atoms with van der Waals surface area (Å²) in [7, 11) is 0. The molecule has 0 amide bonds. The second-order valence-corrected chi connectivity index (χ2v) is 9.22. The van der Waals surface area contributed by atoms with Gasteiger partial charge < -0.3 is 15.0 Å². The number of hydrogen-bond acceptors (Lipinski definition) is 3. The topological polar surface area (TPSA) is 37.2 Å². The highest BCUT2D eigenvalue weighted by Crippen LogP contribution is 2.38. The minimum atomic E-state index is 0.348. The minimum absolute atomic E-state index is 0.348. The maximum absolute atomic E-state index is 9.97. The quantitative estimate of drug-likeness (QED) is 0.411. The van der Waals surface area contributed by atoms with E-state index in [0.717, 1.165) is 12.6 Å². The van der Waals surface area contributed by atoms with Crippen LogP contribution in [0.1, 0.15) is 56.1 Å². The van der Waals surface area contributed by atoms with Crippen molar-refractivity contribution in [2.24, 2.45) is 0 Å². The summed E-state index contributed by atoms with van der Waals surface area (Å²) < 4.78 is 2.47. The molecule has 0 spiro atoms. The van der Waals surface area contributed by atoms with Crippen molar-refractivity contribution in [3.8, 4) is 16.3 Å². The number of thiophene rings is 1. The third kappa shape index (κ3) is 4.13. The molecule has 1 fully saturated rings. The van der Waals surface area contributed by atoms with E-state index in [-0.39, 0.29) is 0 Å². The summed E-state index contributed by atoms with van der Waals surface area (Å²) in [6.45, 7) is 6.56. The Balaban J connectivity index is 1.44. The summed E-state index contributed by atoms with van der Waals surface area (Å²) in [4.78, 5) is 1.33. The van der Waals surface area contributed by atoms with Crippen molar-refractivity contribution in [3.63, 3.8) is 0 Å². The Bertz CT molecular complexity index is 936. The molecular weight excluding hydrogens is 364 g/mol. The zero-order valence-electron chi connectivity index (χ0n) is 17.1. The molecule has 0 aliphatic heterocycles. The summed E-state index contributed by atoms with van der Waals surface area (Å²) >= 11 is 1.82. The molecule has 150 valence electrons. The summed E-state index contributed by atoms with van der Waals surface area (Å²) in [5, 5.41) is 17.0. The average molecular weight is 397 g/mol. The second-order valence-electron chi connectivity index (χ2n) is 8.31. The largest absolute Gasteiger partial charge is 0.508 e. The number of aromatic hydroxyl groups is 1. The highest BCUT2D eigenvalue weighted by molar-refractivity contribution is 7.13. The highest BCUT2D eigenvalue weighted by Gasteiger charge is 2.18. The van der Waals surface area contributed by atoms with E-state index in [4.69, 9.17) is 0 Å². The van der Waals surface area contributed by atoms with Gasteiger partial charge in [0, 0.05) is 23.5 Å². The van der Waals surface area contributed by atoms with Crippen LogP contribution in [0.5, 0.6) is 5.75 Å². The SMILES string of the molecule is Cc1csc(-c2c(C)c3cc(O)ccc3n2CCCCCCNC2CCC2)c1. The van der Waals surface area contributed by atoms with Gasteiger partial charge in [-0.1, -0.05) is 19.3 Å². The van der Waals surface area contributed by atoms with E-state index >= 15 is 0 Å². The van der Waals surface area contributed by atoms with Crippen LogP contribution in [0, 0.1) is 13.8 Å². The van der Waals surface area contributed by atoms with Gasteiger partial charge in [0.25, 0.3) is 0 Å². The predicted octanol–water partition coefficient (Wildman–Crippen LogP) is 6.39. The first-order chi connectivity index (χ1) is 13.6. The third-order valence-electron chi connectivity index (χ3n) is 6.11. The first kappa shape index (κ1) is 19.5. The molecule has 0 saturated heterocycles. The molecule has 2 N–H and O–H groups in total. The number of fused-ring (bicyclic) bond motifs is 1. The van der Waals surface area contributed by atoms with Gasteiger partial charge >= 0.3 is 0 Å². The van der Waals surface area contributed by atoms with Gasteiger partial charge in [0.05, 0.1) is 10.6 Å². The Labute approximate surface area is 172 Å². The summed E-state index contributed by atoms with van der Waals surface area (Å²) in [5.41, 5.74) is 5.16. The Morgan fingerprint density at radius 2 is 1.93 bits per heavy atom. The number of aromatic nitrogens is 1. The summed E-state index contributed by atoms with van der Waals surface area (Å²) in [6.07, 6.45) is 9.21. The van der Waals surface area contributed by atoms with Crippen LogP contribution in [-0.4, -0.2) is 22.3 Å². The van der Waals surface area contributed by atoms with Crippen molar-refractivity contribution in [2.45, 2.75) is 71.4 Å². The molecule has 1 aliphatic rings. The maximum atomic E-state index is 9.97. The number of benzene rings is 1. The molecule has 28 heavy (non-hydrogen) atoms. The van der Waals surface area contributed by atoms with Gasteiger partial charge in [-0.25, -0.2) is 0 Å². The number of rotatable bonds is 9. The molecule has 4 heteroatoms. The van der Waals surface area contributed by atoms with Gasteiger partial charge in [-0.05, 0) is 86.8 Å². The van der Waals surface area contributed by atoms with Crippen LogP contribution >= 0.6 is 11.3 Å². The van der Waals surface area contributed by atoms with Crippen LogP contribution in [0.3, 0.4) is 0 Å². The van der Waals surface area contributed by atoms with Gasteiger partial charge in [0.1, 0.15) is 5.75 Å². The molecule has 1 saturated carbocycles. The number of aryl methyl sites for hydroxylation is 3. The molecule has 0 unspecified atom stereocenters. The lowest BCUT2D eigenvalue weighted by Gasteiger charge is -2.26. The maximum Gasteiger partial charge on any atom is 0.116 e. The van der Waals surface area contributed by atoms with Crippen molar-refractivity contribution in [1.29, 1.82) is 0 Å². The van der Waals surface area contributed by atoms with Crippen molar-refractivity contribution < 1.29 is 5.11 Å². The standard InChI is InChI=1S/C24H32N2OS/c1-17-14-23(28-16-17)24-18(2)21-15-20(27)10-11-22(21)26(24)13-6-4-3-5-12-25-19-8-7-9-19/h10-11,14-16,19,25,27H,3-9,12-13H2,1-2H3. The van der Waals surface area contributed by atoms with Crippen LogP contribution in [0.25, 0.3) is 21.5 Å². The summed E-state index contributed by atoms with van der Waals surface area (Å²) in [6, 6.07) is 8.89. The first-order valence-corrected chi connectivity index (χ1v) is 11.6. The minimum Gasteiger partial charge on any atom is -0.508 e. The van der Waals surface area contributed by atoms with Gasteiger partial charge in [0.15, 0.2) is 0 Å². The van der Waals surface area contributed by atoms with E-state index in [2.05, 4.69) is 41.2 Å². The smallest absolute Gasteiger partial charge is 0.116 e. The Morgan fingerprint density at radius 3 is 2.64 bits per heavy atom. The van der Waals surface area contributed by atoms with Gasteiger partial charge in [-0.15, -0.1) is 11.3 Å². The van der Waals surface area contributed by atoms with Crippen LogP contribution in [0.15, 0.2) is 29.6 Å². The molecule has 0 radical (unpaired) electrons. The first-order valence-electron chi connectivity index (χ1n) is 10.7. The molecule has 0 bridgehead atoms. The van der Waals surface area contributed by atoms with E-state index in [1.165, 1.54) is 84.1 Å². The number of nitrogens with one attached hydrogen (secondary N) is 1. The van der Waals surface area contributed by atoms with Gasteiger partial charge in [0.2, 0.25) is 0 Å². The molecule has 3 nitrogen and oxygen atoms in total. The van der Waals surface area contributed by atoms with Gasteiger partial charge in [-0.2, -0.15) is 0 Å². The summed E-state index contributed by atoms with van der Waals surface area (Å²) in [5.74, 6) is 0.348. The number of phenols is 1. The van der Waals surface area contributed by atoms with E-state index in [9.17, 15) is 5.11 Å². The number of nitrogens with zero attached hydrogens (tertiary/aromatic N) is 1. The van der Waals surface area contributed by atoms with E-state index in [1.54, 1.807) is 0 Å². The van der Waals surface area contributed by atoms with Crippen molar-refractivity contribution in [3.05, 3.63) is 40.8 Å². The van der Waals surface area contributed by atoms with Crippen molar-refractivity contribution in [2.75, 3.05) is 6.54 Å². The monoisotopic (exact) mass is 396 g/mol. The molecular formula is C24H32N2OS. The number of unbranched alkanes of at least 4 members (excludes halogenated alkanes) is 3. The van der Waals surface area contributed by atoms with E-state index in [1.807, 2.05) is 23.5 Å². The normalized spacial score (nSPS) is 14.6. The molecule has 0 atom stereocenters. The van der Waals surface area contributed by atoms with Crippen molar-refractivity contribution in [1.82, 2.24) is 9.88 Å². The third-order valence-corrected chi connectivity index (χ3v) is 7.17. The fourth-order valence-electron chi connectivity index (χ4n) is 4.28. The van der Waals surface area contributed by atoms with Crippen molar-refractivity contribution >= 4 is 22.2 Å². The van der Waals surface area contributed by atoms with Gasteiger partial charge in [-0.3, -0.25) is 0 Å².